The zero-order valence-corrected chi connectivity index (χ0v) is 11.0. The summed E-state index contributed by atoms with van der Waals surface area (Å²) in [5, 5.41) is 18.3. The van der Waals surface area contributed by atoms with Gasteiger partial charge in [0.25, 0.3) is 0 Å². The van der Waals surface area contributed by atoms with Gasteiger partial charge in [-0.05, 0) is 12.1 Å². The fourth-order valence-electron chi connectivity index (χ4n) is 1.83. The van der Waals surface area contributed by atoms with Crippen molar-refractivity contribution in [2.75, 3.05) is 0 Å². The van der Waals surface area contributed by atoms with Crippen LogP contribution in [-0.2, 0) is 0 Å². The molecule has 0 aliphatic carbocycles. The maximum atomic E-state index is 12.3. The zero-order chi connectivity index (χ0) is 14.7. The lowest BCUT2D eigenvalue weighted by atomic mass is 9.98. The Bertz CT molecular complexity index is 647. The third-order valence-electron chi connectivity index (χ3n) is 2.86. The van der Waals surface area contributed by atoms with Gasteiger partial charge < -0.3 is 10.2 Å². The minimum atomic E-state index is -1.27. The molecular formula is C15H11ClO4. The highest BCUT2D eigenvalue weighted by Gasteiger charge is 2.17. The molecule has 0 bridgehead atoms. The molecule has 2 aromatic carbocycles. The number of carboxylic acids is 1. The van der Waals surface area contributed by atoms with E-state index in [1.165, 1.54) is 24.3 Å². The summed E-state index contributed by atoms with van der Waals surface area (Å²) in [6.45, 7) is 0. The van der Waals surface area contributed by atoms with E-state index in [9.17, 15) is 14.7 Å². The predicted octanol–water partition coefficient (Wildman–Crippen LogP) is 2.85. The molecule has 20 heavy (non-hydrogen) atoms. The van der Waals surface area contributed by atoms with Crippen molar-refractivity contribution in [3.05, 3.63) is 70.8 Å². The van der Waals surface area contributed by atoms with E-state index in [-0.39, 0.29) is 16.9 Å². The molecule has 2 rings (SSSR count). The van der Waals surface area contributed by atoms with Crippen molar-refractivity contribution < 1.29 is 19.8 Å². The molecule has 4 nitrogen and oxygen atoms in total. The molecule has 0 radical (unpaired) electrons. The van der Waals surface area contributed by atoms with Crippen LogP contribution in [0, 0.1) is 0 Å². The van der Waals surface area contributed by atoms with E-state index >= 15 is 0 Å². The van der Waals surface area contributed by atoms with Gasteiger partial charge in [0.15, 0.2) is 11.3 Å². The van der Waals surface area contributed by atoms with E-state index in [4.69, 9.17) is 16.7 Å². The molecule has 0 aliphatic heterocycles. The molecule has 2 N–H and O–H groups in total. The number of benzene rings is 2. The zero-order valence-electron chi connectivity index (χ0n) is 10.3. The van der Waals surface area contributed by atoms with Gasteiger partial charge in [-0.15, -0.1) is 0 Å². The summed E-state index contributed by atoms with van der Waals surface area (Å²) < 4.78 is 0. The normalized spacial score (nSPS) is 11.9. The Hall–Kier alpha value is -2.17. The Balaban J connectivity index is 2.39. The fraction of sp³-hybridized carbons (Fsp3) is 0.0667. The molecule has 0 saturated carbocycles. The van der Waals surface area contributed by atoms with Crippen LogP contribution in [-0.4, -0.2) is 22.0 Å². The third-order valence-corrected chi connectivity index (χ3v) is 3.09. The maximum absolute atomic E-state index is 12.3. The monoisotopic (exact) mass is 290 g/mol. The SMILES string of the molecule is O=C(O)c1ccc(C(=O)c2ccccc2C(O)Cl)cc1. The molecule has 0 spiro atoms. The van der Waals surface area contributed by atoms with Gasteiger partial charge in [-0.1, -0.05) is 48.0 Å². The molecule has 0 saturated heterocycles. The highest BCUT2D eigenvalue weighted by Crippen LogP contribution is 2.23. The van der Waals surface area contributed by atoms with Gasteiger partial charge in [0.05, 0.1) is 5.56 Å². The highest BCUT2D eigenvalue weighted by atomic mass is 35.5. The van der Waals surface area contributed by atoms with Gasteiger partial charge in [-0.25, -0.2) is 4.79 Å². The molecule has 102 valence electrons. The number of ketones is 1. The molecule has 1 atom stereocenters. The van der Waals surface area contributed by atoms with Crippen LogP contribution in [0.1, 0.15) is 37.4 Å². The molecule has 0 aliphatic rings. The van der Waals surface area contributed by atoms with Crippen LogP contribution >= 0.6 is 11.6 Å². The lowest BCUT2D eigenvalue weighted by Crippen LogP contribution is -2.07. The minimum Gasteiger partial charge on any atom is -0.478 e. The average molecular weight is 291 g/mol. The number of halogens is 1. The summed E-state index contributed by atoms with van der Waals surface area (Å²) in [4.78, 5) is 23.1. The van der Waals surface area contributed by atoms with E-state index in [1.807, 2.05) is 0 Å². The summed E-state index contributed by atoms with van der Waals surface area (Å²) >= 11 is 5.63. The number of hydrogen-bond donors (Lipinski definition) is 2. The molecule has 0 aromatic heterocycles. The largest absolute Gasteiger partial charge is 0.478 e. The Kier molecular flexibility index (Phi) is 4.17. The number of rotatable bonds is 4. The van der Waals surface area contributed by atoms with Crippen molar-refractivity contribution in [1.82, 2.24) is 0 Å². The van der Waals surface area contributed by atoms with Crippen LogP contribution < -0.4 is 0 Å². The second-order valence-corrected chi connectivity index (χ2v) is 4.55. The van der Waals surface area contributed by atoms with Gasteiger partial charge in [-0.2, -0.15) is 0 Å². The summed E-state index contributed by atoms with van der Waals surface area (Å²) in [5.41, 5.74) is -0.222. The Labute approximate surface area is 120 Å². The van der Waals surface area contributed by atoms with Gasteiger partial charge in [0, 0.05) is 16.7 Å². The van der Waals surface area contributed by atoms with Crippen LogP contribution in [0.25, 0.3) is 0 Å². The molecule has 1 unspecified atom stereocenters. The van der Waals surface area contributed by atoms with Crippen molar-refractivity contribution in [3.8, 4) is 0 Å². The Morgan fingerprint density at radius 1 is 0.950 bits per heavy atom. The van der Waals surface area contributed by atoms with Crippen molar-refractivity contribution >= 4 is 23.4 Å². The first-order valence-electron chi connectivity index (χ1n) is 5.80. The summed E-state index contributed by atoms with van der Waals surface area (Å²) in [6, 6.07) is 12.1. The van der Waals surface area contributed by atoms with E-state index in [2.05, 4.69) is 0 Å². The first kappa shape index (κ1) is 14.2. The number of aliphatic hydroxyl groups excluding tert-OH is 1. The van der Waals surface area contributed by atoms with Crippen molar-refractivity contribution in [1.29, 1.82) is 0 Å². The third kappa shape index (κ3) is 2.87. The van der Waals surface area contributed by atoms with Gasteiger partial charge >= 0.3 is 5.97 Å². The number of aromatic carboxylic acids is 1. The van der Waals surface area contributed by atoms with Crippen LogP contribution in [0.2, 0.25) is 0 Å². The van der Waals surface area contributed by atoms with Crippen molar-refractivity contribution in [2.24, 2.45) is 0 Å². The first-order valence-corrected chi connectivity index (χ1v) is 6.23. The van der Waals surface area contributed by atoms with Crippen molar-refractivity contribution in [3.63, 3.8) is 0 Å². The van der Waals surface area contributed by atoms with E-state index in [0.29, 0.717) is 11.1 Å². The number of aliphatic hydroxyl groups is 1. The van der Waals surface area contributed by atoms with Gasteiger partial charge in [0.2, 0.25) is 0 Å². The summed E-state index contributed by atoms with van der Waals surface area (Å²) in [6.07, 6.45) is 0. The highest BCUT2D eigenvalue weighted by molar-refractivity contribution is 6.21. The molecule has 0 fully saturated rings. The van der Waals surface area contributed by atoms with E-state index in [0.717, 1.165) is 0 Å². The first-order chi connectivity index (χ1) is 9.50. The quantitative estimate of drug-likeness (QED) is 0.671. The number of alkyl halides is 1. The average Bonchev–Trinajstić information content (AvgIpc) is 2.46. The standard InChI is InChI=1S/C15H11ClO4/c16-14(18)12-4-2-1-3-11(12)13(17)9-5-7-10(8-6-9)15(19)20/h1-8,14,18H,(H,19,20). The molecule has 5 heteroatoms. The molecule has 0 amide bonds. The molecule has 0 heterocycles. The minimum absolute atomic E-state index is 0.104. The van der Waals surface area contributed by atoms with Crippen LogP contribution in [0.4, 0.5) is 0 Å². The van der Waals surface area contributed by atoms with E-state index < -0.39 is 11.5 Å². The van der Waals surface area contributed by atoms with Gasteiger partial charge in [0.1, 0.15) is 0 Å². The number of carbonyl (C=O) groups excluding carboxylic acids is 1. The Morgan fingerprint density at radius 2 is 1.50 bits per heavy atom. The molecule has 2 aromatic rings. The number of carboxylic acid groups (broad SMARTS) is 1. The van der Waals surface area contributed by atoms with Crippen LogP contribution in [0.3, 0.4) is 0 Å². The topological polar surface area (TPSA) is 74.6 Å². The lowest BCUT2D eigenvalue weighted by molar-refractivity contribution is 0.0696. The number of hydrogen-bond acceptors (Lipinski definition) is 3. The lowest BCUT2D eigenvalue weighted by Gasteiger charge is -2.09. The van der Waals surface area contributed by atoms with E-state index in [1.54, 1.807) is 24.3 Å². The molecular weight excluding hydrogens is 280 g/mol. The Morgan fingerprint density at radius 3 is 2.05 bits per heavy atom. The summed E-state index contributed by atoms with van der Waals surface area (Å²) in [5.74, 6) is -1.38. The smallest absolute Gasteiger partial charge is 0.335 e. The van der Waals surface area contributed by atoms with Crippen LogP contribution in [0.15, 0.2) is 48.5 Å². The van der Waals surface area contributed by atoms with Crippen LogP contribution in [0.5, 0.6) is 0 Å². The maximum Gasteiger partial charge on any atom is 0.335 e. The summed E-state index contributed by atoms with van der Waals surface area (Å²) in [7, 11) is 0. The second-order valence-electron chi connectivity index (χ2n) is 4.13. The van der Waals surface area contributed by atoms with Crippen molar-refractivity contribution in [2.45, 2.75) is 5.56 Å². The predicted molar refractivity (Wildman–Crippen MR) is 74.1 cm³/mol. The number of carbonyl (C=O) groups is 2. The van der Waals surface area contributed by atoms with Gasteiger partial charge in [-0.3, -0.25) is 4.79 Å². The second kappa shape index (κ2) is 5.86. The fourth-order valence-corrected chi connectivity index (χ4v) is 2.02.